The molecular weight excluding hydrogens is 263 g/mol. The smallest absolute Gasteiger partial charge is 0.129 e. The second kappa shape index (κ2) is 7.23. The molecule has 0 amide bonds. The van der Waals surface area contributed by atoms with Crippen LogP contribution in [0.25, 0.3) is 0 Å². The first-order valence-corrected chi connectivity index (χ1v) is 7.46. The van der Waals surface area contributed by atoms with Crippen molar-refractivity contribution in [1.29, 1.82) is 0 Å². The van der Waals surface area contributed by atoms with Crippen molar-refractivity contribution in [3.63, 3.8) is 0 Å². The summed E-state index contributed by atoms with van der Waals surface area (Å²) in [5.41, 5.74) is 2.73. The maximum atomic E-state index is 14.2. The van der Waals surface area contributed by atoms with Crippen LogP contribution < -0.4 is 10.2 Å². The standard InChI is InChI=1S/C18H23FN2/c1-4-21(15-9-6-5-7-10-15)18-12-8-11-17(19)16(18)13-20-14(2)3/h5-12,14,20H,4,13H2,1-3H3. The third kappa shape index (κ3) is 3.82. The molecule has 0 spiro atoms. The van der Waals surface area contributed by atoms with Crippen molar-refractivity contribution in [2.75, 3.05) is 11.4 Å². The molecule has 2 rings (SSSR count). The fourth-order valence-electron chi connectivity index (χ4n) is 2.38. The van der Waals surface area contributed by atoms with Crippen molar-refractivity contribution >= 4 is 11.4 Å². The first-order valence-electron chi connectivity index (χ1n) is 7.46. The Bertz CT molecular complexity index is 567. The molecular formula is C18H23FN2. The van der Waals surface area contributed by atoms with Crippen molar-refractivity contribution in [2.45, 2.75) is 33.4 Å². The van der Waals surface area contributed by atoms with Crippen LogP contribution in [0.1, 0.15) is 26.3 Å². The normalized spacial score (nSPS) is 10.9. The highest BCUT2D eigenvalue weighted by Crippen LogP contribution is 2.29. The number of halogens is 1. The number of hydrogen-bond acceptors (Lipinski definition) is 2. The Morgan fingerprint density at radius 3 is 2.38 bits per heavy atom. The van der Waals surface area contributed by atoms with Gasteiger partial charge in [0.25, 0.3) is 0 Å². The van der Waals surface area contributed by atoms with Crippen molar-refractivity contribution in [3.05, 3.63) is 59.9 Å². The zero-order chi connectivity index (χ0) is 15.2. The molecule has 112 valence electrons. The Kier molecular flexibility index (Phi) is 5.34. The minimum atomic E-state index is -0.157. The Morgan fingerprint density at radius 1 is 1.05 bits per heavy atom. The molecule has 0 aliphatic rings. The van der Waals surface area contributed by atoms with E-state index in [0.29, 0.717) is 12.6 Å². The number of nitrogens with one attached hydrogen (secondary N) is 1. The van der Waals surface area contributed by atoms with Gasteiger partial charge in [-0.25, -0.2) is 4.39 Å². The van der Waals surface area contributed by atoms with Crippen molar-refractivity contribution < 1.29 is 4.39 Å². The second-order valence-electron chi connectivity index (χ2n) is 5.35. The van der Waals surface area contributed by atoms with Gasteiger partial charge in [0.05, 0.1) is 0 Å². The van der Waals surface area contributed by atoms with Crippen LogP contribution in [0.2, 0.25) is 0 Å². The lowest BCUT2D eigenvalue weighted by atomic mass is 10.1. The van der Waals surface area contributed by atoms with Gasteiger partial charge in [0.15, 0.2) is 0 Å². The first-order chi connectivity index (χ1) is 10.1. The van der Waals surface area contributed by atoms with Gasteiger partial charge < -0.3 is 10.2 Å². The number of anilines is 2. The molecule has 21 heavy (non-hydrogen) atoms. The van der Waals surface area contributed by atoms with Crippen molar-refractivity contribution in [1.82, 2.24) is 5.32 Å². The Labute approximate surface area is 126 Å². The lowest BCUT2D eigenvalue weighted by Crippen LogP contribution is -2.25. The fraction of sp³-hybridized carbons (Fsp3) is 0.333. The summed E-state index contributed by atoms with van der Waals surface area (Å²) >= 11 is 0. The van der Waals surface area contributed by atoms with Crippen molar-refractivity contribution in [3.8, 4) is 0 Å². The summed E-state index contributed by atoms with van der Waals surface area (Å²) < 4.78 is 14.2. The molecule has 0 aromatic heterocycles. The predicted molar refractivity (Wildman–Crippen MR) is 87.5 cm³/mol. The second-order valence-corrected chi connectivity index (χ2v) is 5.35. The zero-order valence-electron chi connectivity index (χ0n) is 12.9. The zero-order valence-corrected chi connectivity index (χ0v) is 12.9. The Hall–Kier alpha value is -1.87. The van der Waals surface area contributed by atoms with Gasteiger partial charge in [0.2, 0.25) is 0 Å². The summed E-state index contributed by atoms with van der Waals surface area (Å²) in [5.74, 6) is -0.157. The van der Waals surface area contributed by atoms with E-state index in [9.17, 15) is 4.39 Å². The molecule has 0 radical (unpaired) electrons. The van der Waals surface area contributed by atoms with Crippen LogP contribution in [-0.2, 0) is 6.54 Å². The maximum absolute atomic E-state index is 14.2. The molecule has 0 unspecified atom stereocenters. The highest BCUT2D eigenvalue weighted by molar-refractivity contribution is 5.66. The molecule has 0 heterocycles. The van der Waals surface area contributed by atoms with Crippen LogP contribution >= 0.6 is 0 Å². The third-order valence-corrected chi connectivity index (χ3v) is 3.46. The van der Waals surface area contributed by atoms with E-state index in [1.807, 2.05) is 36.4 Å². The summed E-state index contributed by atoms with van der Waals surface area (Å²) in [4.78, 5) is 2.14. The Balaban J connectivity index is 2.39. The molecule has 2 aromatic rings. The molecule has 0 aliphatic carbocycles. The van der Waals surface area contributed by atoms with Gasteiger partial charge in [-0.2, -0.15) is 0 Å². The number of para-hydroxylation sites is 1. The summed E-state index contributed by atoms with van der Waals surface area (Å²) in [5, 5.41) is 3.31. The maximum Gasteiger partial charge on any atom is 0.129 e. The average molecular weight is 286 g/mol. The highest BCUT2D eigenvalue weighted by Gasteiger charge is 2.15. The minimum absolute atomic E-state index is 0.157. The van der Waals surface area contributed by atoms with Gasteiger partial charge in [-0.05, 0) is 31.2 Å². The molecule has 0 saturated heterocycles. The topological polar surface area (TPSA) is 15.3 Å². The molecule has 0 bridgehead atoms. The van der Waals surface area contributed by atoms with E-state index in [0.717, 1.165) is 23.5 Å². The quantitative estimate of drug-likeness (QED) is 0.842. The average Bonchev–Trinajstić information content (AvgIpc) is 2.48. The van der Waals surface area contributed by atoms with E-state index in [-0.39, 0.29) is 5.82 Å². The lowest BCUT2D eigenvalue weighted by Gasteiger charge is -2.26. The molecule has 1 N–H and O–H groups in total. The van der Waals surface area contributed by atoms with Crippen molar-refractivity contribution in [2.24, 2.45) is 0 Å². The molecule has 0 aliphatic heterocycles. The first kappa shape index (κ1) is 15.5. The van der Waals surface area contributed by atoms with Crippen LogP contribution in [0, 0.1) is 5.82 Å². The molecule has 2 nitrogen and oxygen atoms in total. The number of benzene rings is 2. The van der Waals surface area contributed by atoms with E-state index < -0.39 is 0 Å². The summed E-state index contributed by atoms with van der Waals surface area (Å²) in [7, 11) is 0. The van der Waals surface area contributed by atoms with Gasteiger partial charge in [0, 0.05) is 36.1 Å². The van der Waals surface area contributed by atoms with E-state index in [4.69, 9.17) is 0 Å². The number of rotatable bonds is 6. The van der Waals surface area contributed by atoms with Crippen LogP contribution in [0.3, 0.4) is 0 Å². The van der Waals surface area contributed by atoms with Crippen LogP contribution in [0.4, 0.5) is 15.8 Å². The van der Waals surface area contributed by atoms with E-state index in [2.05, 4.69) is 31.0 Å². The monoisotopic (exact) mass is 286 g/mol. The Morgan fingerprint density at radius 2 is 1.76 bits per heavy atom. The van der Waals surface area contributed by atoms with Gasteiger partial charge in [-0.3, -0.25) is 0 Å². The third-order valence-electron chi connectivity index (χ3n) is 3.46. The van der Waals surface area contributed by atoms with Gasteiger partial charge in [-0.15, -0.1) is 0 Å². The van der Waals surface area contributed by atoms with Gasteiger partial charge in [0.1, 0.15) is 5.82 Å². The SMILES string of the molecule is CCN(c1ccccc1)c1cccc(F)c1CNC(C)C. The molecule has 0 atom stereocenters. The summed E-state index contributed by atoms with van der Waals surface area (Å²) in [6.07, 6.45) is 0. The van der Waals surface area contributed by atoms with Gasteiger partial charge in [-0.1, -0.05) is 38.1 Å². The van der Waals surface area contributed by atoms with Crippen LogP contribution in [0.5, 0.6) is 0 Å². The van der Waals surface area contributed by atoms with Crippen LogP contribution in [-0.4, -0.2) is 12.6 Å². The van der Waals surface area contributed by atoms with E-state index in [1.165, 1.54) is 6.07 Å². The summed E-state index contributed by atoms with van der Waals surface area (Å²) in [6.45, 7) is 7.54. The van der Waals surface area contributed by atoms with E-state index >= 15 is 0 Å². The van der Waals surface area contributed by atoms with Gasteiger partial charge >= 0.3 is 0 Å². The minimum Gasteiger partial charge on any atom is -0.341 e. The summed E-state index contributed by atoms with van der Waals surface area (Å²) in [6, 6.07) is 15.7. The highest BCUT2D eigenvalue weighted by atomic mass is 19.1. The molecule has 0 fully saturated rings. The fourth-order valence-corrected chi connectivity index (χ4v) is 2.38. The molecule has 3 heteroatoms. The number of hydrogen-bond donors (Lipinski definition) is 1. The van der Waals surface area contributed by atoms with Crippen LogP contribution in [0.15, 0.2) is 48.5 Å². The predicted octanol–water partition coefficient (Wildman–Crippen LogP) is 4.48. The largest absolute Gasteiger partial charge is 0.341 e. The molecule has 0 saturated carbocycles. The van der Waals surface area contributed by atoms with E-state index in [1.54, 1.807) is 6.07 Å². The number of nitrogens with zero attached hydrogens (tertiary/aromatic N) is 1. The molecule has 2 aromatic carbocycles. The lowest BCUT2D eigenvalue weighted by molar-refractivity contribution is 0.553.